The minimum atomic E-state index is 0.574. The Bertz CT molecular complexity index is 184. The van der Waals surface area contributed by atoms with E-state index in [-0.39, 0.29) is 0 Å². The van der Waals surface area contributed by atoms with Gasteiger partial charge in [-0.25, -0.2) is 0 Å². The van der Waals surface area contributed by atoms with Gasteiger partial charge in [-0.3, -0.25) is 0 Å². The molecule has 1 rings (SSSR count). The first-order valence-corrected chi connectivity index (χ1v) is 4.64. The second kappa shape index (κ2) is 4.91. The van der Waals surface area contributed by atoms with Gasteiger partial charge >= 0.3 is 0 Å². The van der Waals surface area contributed by atoms with Crippen LogP contribution >= 0.6 is 0 Å². The summed E-state index contributed by atoms with van der Waals surface area (Å²) in [6, 6.07) is 0. The van der Waals surface area contributed by atoms with E-state index in [1.165, 1.54) is 5.70 Å². The Morgan fingerprint density at radius 2 is 2.33 bits per heavy atom. The number of nitrogens with zero attached hydrogens (tertiary/aromatic N) is 2. The van der Waals surface area contributed by atoms with Crippen LogP contribution in [-0.2, 0) is 0 Å². The van der Waals surface area contributed by atoms with Crippen LogP contribution in [0.1, 0.15) is 20.3 Å². The molecule has 0 spiro atoms. The third kappa shape index (κ3) is 2.64. The highest BCUT2D eigenvalue weighted by Gasteiger charge is 2.07. The van der Waals surface area contributed by atoms with Gasteiger partial charge in [-0.2, -0.15) is 10.2 Å². The van der Waals surface area contributed by atoms with E-state index in [4.69, 9.17) is 0 Å². The summed E-state index contributed by atoms with van der Waals surface area (Å²) in [6.45, 7) is 6.84. The normalized spacial score (nSPS) is 23.2. The Kier molecular flexibility index (Phi) is 3.77. The molecule has 68 valence electrons. The van der Waals surface area contributed by atoms with E-state index < -0.39 is 0 Å². The molecule has 1 aliphatic heterocycles. The summed E-state index contributed by atoms with van der Waals surface area (Å²) in [5.74, 6) is 0.574. The van der Waals surface area contributed by atoms with Crippen molar-refractivity contribution in [1.29, 1.82) is 0 Å². The predicted molar refractivity (Wildman–Crippen MR) is 50.1 cm³/mol. The third-order valence-electron chi connectivity index (χ3n) is 2.02. The molecule has 3 nitrogen and oxygen atoms in total. The van der Waals surface area contributed by atoms with Crippen LogP contribution in [0.4, 0.5) is 0 Å². The van der Waals surface area contributed by atoms with Crippen molar-refractivity contribution in [2.75, 3.05) is 19.6 Å². The van der Waals surface area contributed by atoms with Crippen LogP contribution in [0.15, 0.2) is 22.0 Å². The SMILES string of the molecule is CCNC1=C[C@H](CC)CN=NC1. The van der Waals surface area contributed by atoms with Crippen LogP contribution in [-0.4, -0.2) is 19.6 Å². The van der Waals surface area contributed by atoms with E-state index in [9.17, 15) is 0 Å². The molecule has 1 N–H and O–H groups in total. The highest BCUT2D eigenvalue weighted by Crippen LogP contribution is 2.11. The molecule has 1 aliphatic rings. The highest BCUT2D eigenvalue weighted by molar-refractivity contribution is 5.05. The van der Waals surface area contributed by atoms with Crippen molar-refractivity contribution in [3.05, 3.63) is 11.8 Å². The summed E-state index contributed by atoms with van der Waals surface area (Å²) in [4.78, 5) is 0. The van der Waals surface area contributed by atoms with Crippen molar-refractivity contribution in [3.8, 4) is 0 Å². The Balaban J connectivity index is 2.56. The standard InChI is InChI=1S/C9H17N3/c1-3-8-5-9(10-4-2)7-12-11-6-8/h5,8,10H,3-4,6-7H2,1-2H3/t8-/m0/s1. The first-order chi connectivity index (χ1) is 5.86. The summed E-state index contributed by atoms with van der Waals surface area (Å²) in [5.41, 5.74) is 1.23. The second-order valence-electron chi connectivity index (χ2n) is 3.01. The molecule has 0 saturated heterocycles. The van der Waals surface area contributed by atoms with E-state index in [0.29, 0.717) is 5.92 Å². The van der Waals surface area contributed by atoms with Gasteiger partial charge in [0.1, 0.15) is 0 Å². The van der Waals surface area contributed by atoms with Crippen LogP contribution in [0.25, 0.3) is 0 Å². The number of azo groups is 1. The fourth-order valence-corrected chi connectivity index (χ4v) is 1.27. The summed E-state index contributed by atoms with van der Waals surface area (Å²) in [6.07, 6.45) is 3.41. The fourth-order valence-electron chi connectivity index (χ4n) is 1.27. The Morgan fingerprint density at radius 3 is 3.00 bits per heavy atom. The van der Waals surface area contributed by atoms with Gasteiger partial charge in [0.15, 0.2) is 0 Å². The van der Waals surface area contributed by atoms with Gasteiger partial charge in [-0.05, 0) is 19.3 Å². The fraction of sp³-hybridized carbons (Fsp3) is 0.778. The average Bonchev–Trinajstić information content (AvgIpc) is 2.30. The average molecular weight is 167 g/mol. The molecule has 0 aromatic rings. The number of rotatable bonds is 3. The van der Waals surface area contributed by atoms with E-state index in [0.717, 1.165) is 26.1 Å². The molecule has 0 aliphatic carbocycles. The maximum Gasteiger partial charge on any atom is 0.0991 e. The topological polar surface area (TPSA) is 36.8 Å². The van der Waals surface area contributed by atoms with Gasteiger partial charge in [0, 0.05) is 12.2 Å². The zero-order valence-corrected chi connectivity index (χ0v) is 7.88. The number of nitrogens with one attached hydrogen (secondary N) is 1. The van der Waals surface area contributed by atoms with Gasteiger partial charge in [-0.1, -0.05) is 13.0 Å². The molecule has 0 saturated carbocycles. The van der Waals surface area contributed by atoms with E-state index in [1.54, 1.807) is 0 Å². The Morgan fingerprint density at radius 1 is 1.50 bits per heavy atom. The molecule has 0 unspecified atom stereocenters. The first kappa shape index (κ1) is 9.23. The first-order valence-electron chi connectivity index (χ1n) is 4.64. The monoisotopic (exact) mass is 167 g/mol. The Hall–Kier alpha value is -0.860. The molecule has 0 aromatic carbocycles. The van der Waals surface area contributed by atoms with Crippen LogP contribution in [0.5, 0.6) is 0 Å². The van der Waals surface area contributed by atoms with E-state index in [2.05, 4.69) is 35.5 Å². The van der Waals surface area contributed by atoms with Crippen molar-refractivity contribution in [3.63, 3.8) is 0 Å². The van der Waals surface area contributed by atoms with Gasteiger partial charge < -0.3 is 5.32 Å². The molecule has 12 heavy (non-hydrogen) atoms. The maximum absolute atomic E-state index is 4.09. The lowest BCUT2D eigenvalue weighted by Gasteiger charge is -2.07. The molecule has 0 bridgehead atoms. The van der Waals surface area contributed by atoms with Crippen LogP contribution < -0.4 is 5.32 Å². The largest absolute Gasteiger partial charge is 0.387 e. The predicted octanol–water partition coefficient (Wildman–Crippen LogP) is 1.97. The highest BCUT2D eigenvalue weighted by atomic mass is 15.1. The van der Waals surface area contributed by atoms with Crippen LogP contribution in [0.2, 0.25) is 0 Å². The van der Waals surface area contributed by atoms with Gasteiger partial charge in [-0.15, -0.1) is 0 Å². The minimum absolute atomic E-state index is 0.574. The zero-order chi connectivity index (χ0) is 8.81. The lowest BCUT2D eigenvalue weighted by Crippen LogP contribution is -2.15. The van der Waals surface area contributed by atoms with Crippen molar-refractivity contribution in [2.24, 2.45) is 16.1 Å². The molecule has 0 radical (unpaired) electrons. The van der Waals surface area contributed by atoms with Crippen LogP contribution in [0.3, 0.4) is 0 Å². The lowest BCUT2D eigenvalue weighted by molar-refractivity contribution is 0.627. The molecular weight excluding hydrogens is 150 g/mol. The van der Waals surface area contributed by atoms with Crippen molar-refractivity contribution < 1.29 is 0 Å². The summed E-state index contributed by atoms with van der Waals surface area (Å²) >= 11 is 0. The summed E-state index contributed by atoms with van der Waals surface area (Å²) < 4.78 is 0. The minimum Gasteiger partial charge on any atom is -0.387 e. The smallest absolute Gasteiger partial charge is 0.0991 e. The van der Waals surface area contributed by atoms with Crippen molar-refractivity contribution >= 4 is 0 Å². The van der Waals surface area contributed by atoms with Gasteiger partial charge in [0.25, 0.3) is 0 Å². The van der Waals surface area contributed by atoms with Gasteiger partial charge in [0.2, 0.25) is 0 Å². The molecule has 1 atom stereocenters. The summed E-state index contributed by atoms with van der Waals surface area (Å²) in [7, 11) is 0. The van der Waals surface area contributed by atoms with Crippen LogP contribution in [0, 0.1) is 5.92 Å². The lowest BCUT2D eigenvalue weighted by atomic mass is 10.1. The molecule has 0 fully saturated rings. The zero-order valence-electron chi connectivity index (χ0n) is 7.88. The Labute approximate surface area is 74.0 Å². The van der Waals surface area contributed by atoms with Crippen molar-refractivity contribution in [1.82, 2.24) is 5.32 Å². The van der Waals surface area contributed by atoms with E-state index in [1.807, 2.05) is 0 Å². The number of hydrogen-bond acceptors (Lipinski definition) is 3. The van der Waals surface area contributed by atoms with E-state index >= 15 is 0 Å². The third-order valence-corrected chi connectivity index (χ3v) is 2.02. The van der Waals surface area contributed by atoms with Gasteiger partial charge in [0.05, 0.1) is 13.1 Å². The molecular formula is C9H17N3. The quantitative estimate of drug-likeness (QED) is 0.685. The molecule has 0 aromatic heterocycles. The maximum atomic E-state index is 4.09. The second-order valence-corrected chi connectivity index (χ2v) is 3.01. The molecule has 3 heteroatoms. The molecule has 1 heterocycles. The number of likely N-dealkylation sites (N-methyl/N-ethyl adjacent to an activating group) is 1. The van der Waals surface area contributed by atoms with Crippen molar-refractivity contribution in [2.45, 2.75) is 20.3 Å². The number of hydrogen-bond donors (Lipinski definition) is 1. The summed E-state index contributed by atoms with van der Waals surface area (Å²) in [5, 5.41) is 11.4. The molecule has 0 amide bonds.